The fourth-order valence-electron chi connectivity index (χ4n) is 3.76. The number of hydrogen-bond acceptors (Lipinski definition) is 2. The number of rotatable bonds is 6. The maximum absolute atomic E-state index is 13.6. The predicted octanol–water partition coefficient (Wildman–Crippen LogP) is 6.64. The summed E-state index contributed by atoms with van der Waals surface area (Å²) in [6, 6.07) is 28.3. The van der Waals surface area contributed by atoms with Gasteiger partial charge >= 0.3 is 0 Å². The first-order chi connectivity index (χ1) is 13.7. The molecule has 4 heteroatoms. The molecule has 1 aliphatic heterocycles. The highest BCUT2D eigenvalue weighted by Crippen LogP contribution is 2.57. The van der Waals surface area contributed by atoms with Crippen molar-refractivity contribution in [1.29, 1.82) is 0 Å². The second kappa shape index (κ2) is 7.98. The summed E-state index contributed by atoms with van der Waals surface area (Å²) in [6.07, 6.45) is 2.47. The van der Waals surface area contributed by atoms with Crippen LogP contribution in [0.25, 0.3) is 0 Å². The SMILES string of the molecule is C=CC[C@@]1(Sc2ccccc2)C(=O)N(c2ccc(Br)cc2)[C@@H]1c1ccccc1. The molecule has 0 aromatic heterocycles. The minimum absolute atomic E-state index is 0.0643. The van der Waals surface area contributed by atoms with Crippen LogP contribution in [0.3, 0.4) is 0 Å². The van der Waals surface area contributed by atoms with Crippen molar-refractivity contribution in [3.8, 4) is 0 Å². The van der Waals surface area contributed by atoms with E-state index in [1.54, 1.807) is 11.8 Å². The predicted molar refractivity (Wildman–Crippen MR) is 121 cm³/mol. The average molecular weight is 450 g/mol. The molecule has 0 unspecified atom stereocenters. The van der Waals surface area contributed by atoms with Gasteiger partial charge in [-0.1, -0.05) is 70.5 Å². The highest BCUT2D eigenvalue weighted by molar-refractivity contribution is 9.10. The summed E-state index contributed by atoms with van der Waals surface area (Å²) in [6.45, 7) is 3.95. The summed E-state index contributed by atoms with van der Waals surface area (Å²) >= 11 is 5.12. The summed E-state index contributed by atoms with van der Waals surface area (Å²) in [4.78, 5) is 16.6. The lowest BCUT2D eigenvalue weighted by Gasteiger charge is -2.55. The van der Waals surface area contributed by atoms with Gasteiger partial charge < -0.3 is 4.90 Å². The van der Waals surface area contributed by atoms with Crippen LogP contribution < -0.4 is 4.90 Å². The van der Waals surface area contributed by atoms with Crippen LogP contribution in [0.1, 0.15) is 18.0 Å². The van der Waals surface area contributed by atoms with Gasteiger partial charge in [-0.05, 0) is 48.4 Å². The summed E-state index contributed by atoms with van der Waals surface area (Å²) < 4.78 is 0.397. The van der Waals surface area contributed by atoms with Crippen molar-refractivity contribution in [3.63, 3.8) is 0 Å². The zero-order chi connectivity index (χ0) is 19.6. The Morgan fingerprint density at radius 1 is 0.964 bits per heavy atom. The average Bonchev–Trinajstić information content (AvgIpc) is 2.73. The van der Waals surface area contributed by atoms with Crippen LogP contribution in [-0.4, -0.2) is 10.7 Å². The molecule has 0 spiro atoms. The van der Waals surface area contributed by atoms with Gasteiger partial charge in [0.25, 0.3) is 0 Å². The Labute approximate surface area is 178 Å². The van der Waals surface area contributed by atoms with Gasteiger partial charge in [0.15, 0.2) is 0 Å². The summed E-state index contributed by atoms with van der Waals surface area (Å²) in [7, 11) is 0. The summed E-state index contributed by atoms with van der Waals surface area (Å²) in [5.41, 5.74) is 2.05. The molecule has 3 aromatic rings. The van der Waals surface area contributed by atoms with E-state index in [-0.39, 0.29) is 11.9 Å². The Morgan fingerprint density at radius 2 is 1.57 bits per heavy atom. The van der Waals surface area contributed by atoms with Crippen LogP contribution in [0.15, 0.2) is 107 Å². The van der Waals surface area contributed by atoms with Crippen LogP contribution in [0.2, 0.25) is 0 Å². The van der Waals surface area contributed by atoms with E-state index in [0.29, 0.717) is 6.42 Å². The topological polar surface area (TPSA) is 20.3 Å². The first-order valence-corrected chi connectivity index (χ1v) is 10.8. The quantitative estimate of drug-likeness (QED) is 0.310. The summed E-state index contributed by atoms with van der Waals surface area (Å²) in [5.74, 6) is 0.123. The van der Waals surface area contributed by atoms with Crippen molar-refractivity contribution in [3.05, 3.63) is 108 Å². The first-order valence-electron chi connectivity index (χ1n) is 9.15. The second-order valence-electron chi connectivity index (χ2n) is 6.76. The number of anilines is 1. The van der Waals surface area contributed by atoms with Crippen LogP contribution in [0, 0.1) is 0 Å². The van der Waals surface area contributed by atoms with Crippen LogP contribution in [-0.2, 0) is 4.79 Å². The lowest BCUT2D eigenvalue weighted by molar-refractivity contribution is -0.127. The largest absolute Gasteiger partial charge is 0.302 e. The molecule has 1 amide bonds. The van der Waals surface area contributed by atoms with Gasteiger partial charge in [0, 0.05) is 15.1 Å². The molecule has 1 saturated heterocycles. The third-order valence-electron chi connectivity index (χ3n) is 4.99. The number of nitrogens with zero attached hydrogens (tertiary/aromatic N) is 1. The van der Waals surface area contributed by atoms with E-state index in [2.05, 4.69) is 46.8 Å². The molecule has 0 bridgehead atoms. The van der Waals surface area contributed by atoms with Crippen molar-refractivity contribution in [2.24, 2.45) is 0 Å². The molecule has 1 fully saturated rings. The number of β-lactam (4-membered cyclic amide) rings is 1. The number of halogens is 1. The van der Waals surface area contributed by atoms with E-state index >= 15 is 0 Å². The fourth-order valence-corrected chi connectivity index (χ4v) is 5.47. The fraction of sp³-hybridized carbons (Fsp3) is 0.125. The molecular weight excluding hydrogens is 430 g/mol. The molecule has 3 aromatic carbocycles. The van der Waals surface area contributed by atoms with E-state index in [1.807, 2.05) is 71.6 Å². The second-order valence-corrected chi connectivity index (χ2v) is 9.08. The molecular formula is C24H20BrNOS. The van der Waals surface area contributed by atoms with Gasteiger partial charge in [0.1, 0.15) is 4.75 Å². The zero-order valence-electron chi connectivity index (χ0n) is 15.3. The number of thioether (sulfide) groups is 1. The number of carbonyl (C=O) groups is 1. The number of benzene rings is 3. The van der Waals surface area contributed by atoms with E-state index in [1.165, 1.54) is 0 Å². The molecule has 28 heavy (non-hydrogen) atoms. The van der Waals surface area contributed by atoms with Gasteiger partial charge in [-0.15, -0.1) is 18.3 Å². The molecule has 140 valence electrons. The maximum atomic E-state index is 13.6. The number of carbonyl (C=O) groups excluding carboxylic acids is 1. The van der Waals surface area contributed by atoms with E-state index < -0.39 is 4.75 Å². The van der Waals surface area contributed by atoms with Crippen molar-refractivity contribution >= 4 is 39.3 Å². The van der Waals surface area contributed by atoms with Gasteiger partial charge in [-0.2, -0.15) is 0 Å². The molecule has 0 aliphatic carbocycles. The third-order valence-corrected chi connectivity index (χ3v) is 6.96. The van der Waals surface area contributed by atoms with Crippen LogP contribution in [0.5, 0.6) is 0 Å². The Balaban J connectivity index is 1.80. The minimum Gasteiger partial charge on any atom is -0.302 e. The molecule has 0 N–H and O–H groups in total. The van der Waals surface area contributed by atoms with E-state index in [9.17, 15) is 4.79 Å². The van der Waals surface area contributed by atoms with Gasteiger partial charge in [-0.25, -0.2) is 0 Å². The van der Waals surface area contributed by atoms with E-state index in [0.717, 1.165) is 20.6 Å². The van der Waals surface area contributed by atoms with Crippen molar-refractivity contribution in [2.75, 3.05) is 4.90 Å². The number of amides is 1. The third kappa shape index (κ3) is 3.31. The standard InChI is InChI=1S/C24H20BrNOS/c1-2-17-24(28-21-11-7-4-8-12-21)22(18-9-5-3-6-10-18)26(23(24)27)20-15-13-19(25)14-16-20/h2-16,22H,1,17H2/t22-,24+/m1/s1. The molecule has 0 radical (unpaired) electrons. The molecule has 0 saturated carbocycles. The molecule has 1 heterocycles. The highest BCUT2D eigenvalue weighted by Gasteiger charge is 2.61. The van der Waals surface area contributed by atoms with Gasteiger partial charge in [-0.3, -0.25) is 4.79 Å². The smallest absolute Gasteiger partial charge is 0.247 e. The lowest BCUT2D eigenvalue weighted by Crippen LogP contribution is -2.66. The first kappa shape index (κ1) is 19.0. The minimum atomic E-state index is -0.600. The molecule has 4 rings (SSSR count). The van der Waals surface area contributed by atoms with Crippen LogP contribution >= 0.6 is 27.7 Å². The zero-order valence-corrected chi connectivity index (χ0v) is 17.7. The van der Waals surface area contributed by atoms with E-state index in [4.69, 9.17) is 0 Å². The van der Waals surface area contributed by atoms with Crippen molar-refractivity contribution in [1.82, 2.24) is 0 Å². The monoisotopic (exact) mass is 449 g/mol. The Kier molecular flexibility index (Phi) is 5.42. The number of hydrogen-bond donors (Lipinski definition) is 0. The van der Waals surface area contributed by atoms with Gasteiger partial charge in [0.05, 0.1) is 6.04 Å². The molecule has 2 atom stereocenters. The molecule has 2 nitrogen and oxygen atoms in total. The normalized spacial score (nSPS) is 21.2. The number of allylic oxidation sites excluding steroid dienone is 1. The van der Waals surface area contributed by atoms with Crippen LogP contribution in [0.4, 0.5) is 5.69 Å². The highest BCUT2D eigenvalue weighted by atomic mass is 79.9. The molecule has 1 aliphatic rings. The maximum Gasteiger partial charge on any atom is 0.247 e. The van der Waals surface area contributed by atoms with Gasteiger partial charge in [0.2, 0.25) is 5.91 Å². The van der Waals surface area contributed by atoms with Crippen molar-refractivity contribution < 1.29 is 4.79 Å². The Bertz CT molecular complexity index is 975. The lowest BCUT2D eigenvalue weighted by atomic mass is 9.78. The van der Waals surface area contributed by atoms with Crippen molar-refractivity contribution in [2.45, 2.75) is 22.1 Å². The Hall–Kier alpha value is -2.30. The summed E-state index contributed by atoms with van der Waals surface area (Å²) in [5, 5.41) is 0. The Morgan fingerprint density at radius 3 is 2.18 bits per heavy atom.